The molecule has 0 spiro atoms. The van der Waals surface area contributed by atoms with Crippen molar-refractivity contribution in [2.75, 3.05) is 17.2 Å². The molecule has 2 aromatic carbocycles. The van der Waals surface area contributed by atoms with Crippen LogP contribution in [0.4, 0.5) is 11.4 Å². The predicted octanol–water partition coefficient (Wildman–Crippen LogP) is 4.61. The topological polar surface area (TPSA) is 78.5 Å². The molecule has 0 radical (unpaired) electrons. The van der Waals surface area contributed by atoms with Crippen molar-refractivity contribution in [3.05, 3.63) is 81.5 Å². The highest BCUT2D eigenvalue weighted by Crippen LogP contribution is 2.24. The molecule has 0 bridgehead atoms. The lowest BCUT2D eigenvalue weighted by Gasteiger charge is -2.27. The first-order chi connectivity index (χ1) is 15.5. The Balaban J connectivity index is 1.33. The summed E-state index contributed by atoms with van der Waals surface area (Å²) in [5.74, 6) is -0.618. The quantitative estimate of drug-likeness (QED) is 0.579. The molecular weight excluding hydrogens is 422 g/mol. The molecule has 0 unspecified atom stereocenters. The molecule has 1 aromatic heterocycles. The van der Waals surface area contributed by atoms with E-state index in [1.54, 1.807) is 35.6 Å². The predicted molar refractivity (Wildman–Crippen MR) is 127 cm³/mol. The van der Waals surface area contributed by atoms with Gasteiger partial charge in [-0.2, -0.15) is 0 Å². The summed E-state index contributed by atoms with van der Waals surface area (Å²) < 4.78 is 0. The summed E-state index contributed by atoms with van der Waals surface area (Å²) in [6, 6.07) is 16.4. The molecule has 1 aliphatic heterocycles. The van der Waals surface area contributed by atoms with E-state index < -0.39 is 0 Å². The largest absolute Gasteiger partial charge is 0.338 e. The van der Waals surface area contributed by atoms with E-state index in [1.807, 2.05) is 36.1 Å². The summed E-state index contributed by atoms with van der Waals surface area (Å²) in [6.07, 6.45) is 1.08. The van der Waals surface area contributed by atoms with Crippen molar-refractivity contribution in [3.8, 4) is 0 Å². The van der Waals surface area contributed by atoms with Crippen molar-refractivity contribution in [2.45, 2.75) is 32.7 Å². The Labute approximate surface area is 191 Å². The Kier molecular flexibility index (Phi) is 6.66. The number of amides is 3. The third-order valence-electron chi connectivity index (χ3n) is 5.45. The van der Waals surface area contributed by atoms with E-state index in [9.17, 15) is 14.4 Å². The highest BCUT2D eigenvalue weighted by molar-refractivity contribution is 7.10. The Morgan fingerprint density at radius 3 is 2.69 bits per heavy atom. The van der Waals surface area contributed by atoms with Crippen LogP contribution in [0.1, 0.15) is 39.2 Å². The van der Waals surface area contributed by atoms with E-state index >= 15 is 0 Å². The van der Waals surface area contributed by atoms with Gasteiger partial charge in [0.2, 0.25) is 11.8 Å². The maximum absolute atomic E-state index is 12.8. The summed E-state index contributed by atoms with van der Waals surface area (Å²) in [5, 5.41) is 7.71. The zero-order valence-corrected chi connectivity index (χ0v) is 18.7. The molecule has 0 aliphatic carbocycles. The van der Waals surface area contributed by atoms with Gasteiger partial charge in [0.05, 0.1) is 11.3 Å². The maximum Gasteiger partial charge on any atom is 0.257 e. The standard InChI is InChI=1S/C25H25N3O3S/c1-17-5-4-6-19(15-17)26-25(31)20-7-2-3-8-21(20)27-23(29)9-10-24(30)28-13-11-22-18(16-28)12-14-32-22/h2-8,12,14-15H,9-11,13,16H2,1H3,(H,26,31)(H,27,29). The fraction of sp³-hybridized carbons (Fsp3) is 0.240. The molecule has 0 saturated heterocycles. The minimum Gasteiger partial charge on any atom is -0.338 e. The first-order valence-corrected chi connectivity index (χ1v) is 11.5. The van der Waals surface area contributed by atoms with E-state index in [2.05, 4.69) is 22.1 Å². The van der Waals surface area contributed by atoms with E-state index in [1.165, 1.54) is 10.4 Å². The average molecular weight is 448 g/mol. The third kappa shape index (κ3) is 5.23. The number of hydrogen-bond donors (Lipinski definition) is 2. The van der Waals surface area contributed by atoms with Crippen LogP contribution in [-0.2, 0) is 22.6 Å². The lowest BCUT2D eigenvalue weighted by molar-refractivity contribution is -0.133. The lowest BCUT2D eigenvalue weighted by Crippen LogP contribution is -2.35. The summed E-state index contributed by atoms with van der Waals surface area (Å²) in [6.45, 7) is 3.26. The van der Waals surface area contributed by atoms with Gasteiger partial charge in [-0.1, -0.05) is 24.3 Å². The zero-order valence-electron chi connectivity index (χ0n) is 17.9. The molecule has 0 fully saturated rings. The van der Waals surface area contributed by atoms with Crippen molar-refractivity contribution in [1.29, 1.82) is 0 Å². The molecule has 0 saturated carbocycles. The van der Waals surface area contributed by atoms with Gasteiger partial charge in [0.15, 0.2) is 0 Å². The summed E-state index contributed by atoms with van der Waals surface area (Å²) in [4.78, 5) is 41.0. The molecule has 0 atom stereocenters. The van der Waals surface area contributed by atoms with Gasteiger partial charge in [-0.15, -0.1) is 11.3 Å². The highest BCUT2D eigenvalue weighted by atomic mass is 32.1. The van der Waals surface area contributed by atoms with Crippen molar-refractivity contribution < 1.29 is 14.4 Å². The van der Waals surface area contributed by atoms with Gasteiger partial charge in [0.1, 0.15) is 0 Å². The number of carbonyl (C=O) groups excluding carboxylic acids is 3. The molecular formula is C25H25N3O3S. The van der Waals surface area contributed by atoms with Crippen LogP contribution in [0, 0.1) is 6.92 Å². The molecule has 6 nitrogen and oxygen atoms in total. The van der Waals surface area contributed by atoms with Gasteiger partial charge in [-0.05, 0) is 60.2 Å². The summed E-state index contributed by atoms with van der Waals surface area (Å²) in [7, 11) is 0. The van der Waals surface area contributed by atoms with Crippen molar-refractivity contribution in [3.63, 3.8) is 0 Å². The number of aryl methyl sites for hydroxylation is 1. The SMILES string of the molecule is Cc1cccc(NC(=O)c2ccccc2NC(=O)CCC(=O)N2CCc3sccc3C2)c1. The molecule has 164 valence electrons. The minimum atomic E-state index is -0.303. The van der Waals surface area contributed by atoms with Gasteiger partial charge in [0, 0.05) is 36.5 Å². The van der Waals surface area contributed by atoms with Gasteiger partial charge in [0.25, 0.3) is 5.91 Å². The molecule has 32 heavy (non-hydrogen) atoms. The molecule has 3 amide bonds. The van der Waals surface area contributed by atoms with Crippen LogP contribution in [0.3, 0.4) is 0 Å². The zero-order chi connectivity index (χ0) is 22.5. The van der Waals surface area contributed by atoms with Crippen LogP contribution in [0.15, 0.2) is 60.0 Å². The second-order valence-corrected chi connectivity index (χ2v) is 8.85. The third-order valence-corrected chi connectivity index (χ3v) is 6.47. The monoisotopic (exact) mass is 447 g/mol. The van der Waals surface area contributed by atoms with Crippen LogP contribution in [-0.4, -0.2) is 29.2 Å². The summed E-state index contributed by atoms with van der Waals surface area (Å²) in [5.41, 5.74) is 3.73. The number of hydrogen-bond acceptors (Lipinski definition) is 4. The molecule has 1 aliphatic rings. The van der Waals surface area contributed by atoms with Crippen molar-refractivity contribution in [1.82, 2.24) is 4.90 Å². The number of nitrogens with one attached hydrogen (secondary N) is 2. The number of para-hydroxylation sites is 1. The van der Waals surface area contributed by atoms with Crippen LogP contribution in [0.25, 0.3) is 0 Å². The fourth-order valence-electron chi connectivity index (χ4n) is 3.76. The van der Waals surface area contributed by atoms with Crippen LogP contribution in [0.5, 0.6) is 0 Å². The molecule has 3 aromatic rings. The van der Waals surface area contributed by atoms with Crippen LogP contribution < -0.4 is 10.6 Å². The van der Waals surface area contributed by atoms with E-state index in [-0.39, 0.29) is 30.6 Å². The number of fused-ring (bicyclic) bond motifs is 1. The van der Waals surface area contributed by atoms with E-state index in [4.69, 9.17) is 0 Å². The molecule has 7 heteroatoms. The fourth-order valence-corrected chi connectivity index (χ4v) is 4.65. The number of nitrogens with zero attached hydrogens (tertiary/aromatic N) is 1. The number of carbonyl (C=O) groups is 3. The van der Waals surface area contributed by atoms with Crippen LogP contribution >= 0.6 is 11.3 Å². The Bertz CT molecular complexity index is 1150. The maximum atomic E-state index is 12.8. The number of rotatable bonds is 6. The van der Waals surface area contributed by atoms with Gasteiger partial charge >= 0.3 is 0 Å². The normalized spacial score (nSPS) is 12.7. The smallest absolute Gasteiger partial charge is 0.257 e. The second-order valence-electron chi connectivity index (χ2n) is 7.85. The second kappa shape index (κ2) is 9.78. The molecule has 2 heterocycles. The average Bonchev–Trinajstić information content (AvgIpc) is 3.26. The molecule has 2 N–H and O–H groups in total. The van der Waals surface area contributed by atoms with E-state index in [0.29, 0.717) is 30.0 Å². The number of thiophene rings is 1. The lowest BCUT2D eigenvalue weighted by atomic mass is 10.1. The Morgan fingerprint density at radius 1 is 1.00 bits per heavy atom. The minimum absolute atomic E-state index is 0.0255. The summed E-state index contributed by atoms with van der Waals surface area (Å²) >= 11 is 1.73. The Hall–Kier alpha value is -3.45. The first-order valence-electron chi connectivity index (χ1n) is 10.6. The van der Waals surface area contributed by atoms with Crippen molar-refractivity contribution >= 4 is 40.4 Å². The van der Waals surface area contributed by atoms with Gasteiger partial charge < -0.3 is 15.5 Å². The Morgan fingerprint density at radius 2 is 1.84 bits per heavy atom. The number of benzene rings is 2. The first kappa shape index (κ1) is 21.8. The highest BCUT2D eigenvalue weighted by Gasteiger charge is 2.22. The van der Waals surface area contributed by atoms with Crippen molar-refractivity contribution in [2.24, 2.45) is 0 Å². The molecule has 4 rings (SSSR count). The van der Waals surface area contributed by atoms with Gasteiger partial charge in [-0.3, -0.25) is 14.4 Å². The number of anilines is 2. The van der Waals surface area contributed by atoms with E-state index in [0.717, 1.165) is 12.0 Å². The van der Waals surface area contributed by atoms with Crippen LogP contribution in [0.2, 0.25) is 0 Å². The van der Waals surface area contributed by atoms with Gasteiger partial charge in [-0.25, -0.2) is 0 Å².